The van der Waals surface area contributed by atoms with Gasteiger partial charge in [0.2, 0.25) is 0 Å². The molecule has 0 aliphatic heterocycles. The molecule has 5 nitrogen and oxygen atoms in total. The molecule has 0 bridgehead atoms. The molecule has 100 valence electrons. The summed E-state index contributed by atoms with van der Waals surface area (Å²) in [7, 11) is 0. The zero-order valence-electron chi connectivity index (χ0n) is 11.3. The monoisotopic (exact) mass is 260 g/mol. The van der Waals surface area contributed by atoms with Crippen LogP contribution >= 0.6 is 0 Å². The molecule has 0 fully saturated rings. The van der Waals surface area contributed by atoms with E-state index in [0.29, 0.717) is 29.4 Å². The van der Waals surface area contributed by atoms with Gasteiger partial charge in [0.25, 0.3) is 5.89 Å². The first-order chi connectivity index (χ1) is 9.10. The van der Waals surface area contributed by atoms with Crippen LogP contribution in [0.3, 0.4) is 0 Å². The Morgan fingerprint density at radius 1 is 1.42 bits per heavy atom. The first-order valence-corrected chi connectivity index (χ1v) is 6.16. The van der Waals surface area contributed by atoms with Gasteiger partial charge in [-0.1, -0.05) is 18.1 Å². The number of hydrogen-bond donors (Lipinski definition) is 0. The standard InChI is InChI=1S/C14H16N2O3/c1-4-13-15-14(19-16-13)8-18-12-7-9(2)5-6-11(12)10(3)17/h5-7H,4,8H2,1-3H3. The molecule has 0 aliphatic rings. The molecule has 0 aliphatic carbocycles. The Bertz CT molecular complexity index is 590. The summed E-state index contributed by atoms with van der Waals surface area (Å²) in [6.45, 7) is 5.57. The molecule has 0 saturated heterocycles. The van der Waals surface area contributed by atoms with Crippen molar-refractivity contribution in [2.24, 2.45) is 0 Å². The lowest BCUT2D eigenvalue weighted by atomic mass is 10.1. The van der Waals surface area contributed by atoms with Gasteiger partial charge >= 0.3 is 0 Å². The number of rotatable bonds is 5. The number of carbonyl (C=O) groups is 1. The summed E-state index contributed by atoms with van der Waals surface area (Å²) >= 11 is 0. The topological polar surface area (TPSA) is 65.2 Å². The number of aryl methyl sites for hydroxylation is 2. The van der Waals surface area contributed by atoms with E-state index >= 15 is 0 Å². The lowest BCUT2D eigenvalue weighted by molar-refractivity contribution is 0.101. The maximum atomic E-state index is 11.5. The van der Waals surface area contributed by atoms with Gasteiger partial charge in [-0.3, -0.25) is 4.79 Å². The second-order valence-corrected chi connectivity index (χ2v) is 4.30. The van der Waals surface area contributed by atoms with Crippen LogP contribution in [0.25, 0.3) is 0 Å². The lowest BCUT2D eigenvalue weighted by Gasteiger charge is -2.08. The molecule has 19 heavy (non-hydrogen) atoms. The van der Waals surface area contributed by atoms with E-state index in [1.54, 1.807) is 6.07 Å². The molecule has 1 aromatic carbocycles. The highest BCUT2D eigenvalue weighted by Gasteiger charge is 2.11. The Balaban J connectivity index is 2.14. The summed E-state index contributed by atoms with van der Waals surface area (Å²) in [5.74, 6) is 1.57. The minimum Gasteiger partial charge on any atom is -0.483 e. The third-order valence-corrected chi connectivity index (χ3v) is 2.69. The molecule has 0 atom stereocenters. The summed E-state index contributed by atoms with van der Waals surface area (Å²) in [5, 5.41) is 3.79. The van der Waals surface area contributed by atoms with Gasteiger partial charge in [0.05, 0.1) is 5.56 Å². The summed E-state index contributed by atoms with van der Waals surface area (Å²) < 4.78 is 10.6. The van der Waals surface area contributed by atoms with Crippen molar-refractivity contribution in [2.75, 3.05) is 0 Å². The van der Waals surface area contributed by atoms with E-state index in [-0.39, 0.29) is 12.4 Å². The van der Waals surface area contributed by atoms with Gasteiger partial charge in [-0.05, 0) is 31.5 Å². The highest BCUT2D eigenvalue weighted by atomic mass is 16.5. The second kappa shape index (κ2) is 5.65. The Morgan fingerprint density at radius 3 is 2.84 bits per heavy atom. The van der Waals surface area contributed by atoms with E-state index in [4.69, 9.17) is 9.26 Å². The summed E-state index contributed by atoms with van der Waals surface area (Å²) in [4.78, 5) is 15.7. The van der Waals surface area contributed by atoms with Crippen LogP contribution in [0, 0.1) is 6.92 Å². The molecule has 0 N–H and O–H groups in total. The van der Waals surface area contributed by atoms with E-state index in [1.165, 1.54) is 6.92 Å². The van der Waals surface area contributed by atoms with Crippen LogP contribution in [-0.4, -0.2) is 15.9 Å². The number of benzene rings is 1. The fourth-order valence-corrected chi connectivity index (χ4v) is 1.67. The molecule has 1 aromatic heterocycles. The van der Waals surface area contributed by atoms with Crippen molar-refractivity contribution in [3.63, 3.8) is 0 Å². The number of ether oxygens (including phenoxy) is 1. The SMILES string of the molecule is CCc1noc(COc2cc(C)ccc2C(C)=O)n1. The molecule has 0 saturated carbocycles. The summed E-state index contributed by atoms with van der Waals surface area (Å²) in [6.07, 6.45) is 0.715. The fourth-order valence-electron chi connectivity index (χ4n) is 1.67. The number of hydrogen-bond acceptors (Lipinski definition) is 5. The number of ketones is 1. The number of aromatic nitrogens is 2. The quantitative estimate of drug-likeness (QED) is 0.773. The summed E-state index contributed by atoms with van der Waals surface area (Å²) in [6, 6.07) is 5.47. The van der Waals surface area contributed by atoms with Gasteiger partial charge in [-0.15, -0.1) is 0 Å². The first kappa shape index (κ1) is 13.3. The number of Topliss-reactive ketones (excluding diaryl/α,β-unsaturated/α-hetero) is 1. The molecule has 2 aromatic rings. The van der Waals surface area contributed by atoms with Crippen LogP contribution < -0.4 is 4.74 Å². The van der Waals surface area contributed by atoms with Crippen LogP contribution in [0.2, 0.25) is 0 Å². The van der Waals surface area contributed by atoms with Gasteiger partial charge in [-0.25, -0.2) is 0 Å². The molecule has 0 amide bonds. The predicted molar refractivity (Wildman–Crippen MR) is 69.2 cm³/mol. The van der Waals surface area contributed by atoms with Crippen molar-refractivity contribution >= 4 is 5.78 Å². The molecule has 2 rings (SSSR count). The van der Waals surface area contributed by atoms with Gasteiger partial charge in [-0.2, -0.15) is 4.98 Å². The van der Waals surface area contributed by atoms with Crippen LogP contribution in [0.15, 0.2) is 22.7 Å². The van der Waals surface area contributed by atoms with E-state index in [9.17, 15) is 4.79 Å². The maximum absolute atomic E-state index is 11.5. The highest BCUT2D eigenvalue weighted by Crippen LogP contribution is 2.21. The third kappa shape index (κ3) is 3.19. The van der Waals surface area contributed by atoms with E-state index in [0.717, 1.165) is 5.56 Å². The largest absolute Gasteiger partial charge is 0.483 e. The third-order valence-electron chi connectivity index (χ3n) is 2.69. The van der Waals surface area contributed by atoms with Crippen molar-refractivity contribution < 1.29 is 14.1 Å². The van der Waals surface area contributed by atoms with E-state index in [1.807, 2.05) is 26.0 Å². The van der Waals surface area contributed by atoms with Crippen LogP contribution in [0.5, 0.6) is 5.75 Å². The molecular weight excluding hydrogens is 244 g/mol. The Kier molecular flexibility index (Phi) is 3.94. The van der Waals surface area contributed by atoms with Gasteiger partial charge < -0.3 is 9.26 Å². The minimum atomic E-state index is -0.0326. The van der Waals surface area contributed by atoms with Crippen molar-refractivity contribution in [3.05, 3.63) is 41.0 Å². The van der Waals surface area contributed by atoms with Crippen LogP contribution in [0.1, 0.15) is 41.5 Å². The normalized spacial score (nSPS) is 10.5. The summed E-state index contributed by atoms with van der Waals surface area (Å²) in [5.41, 5.74) is 1.58. The van der Waals surface area contributed by atoms with Crippen molar-refractivity contribution in [2.45, 2.75) is 33.8 Å². The predicted octanol–water partition coefficient (Wildman–Crippen LogP) is 2.72. The molecule has 5 heteroatoms. The van der Waals surface area contributed by atoms with Crippen LogP contribution in [0.4, 0.5) is 0 Å². The first-order valence-electron chi connectivity index (χ1n) is 6.16. The van der Waals surface area contributed by atoms with Gasteiger partial charge in [0.15, 0.2) is 18.2 Å². The Hall–Kier alpha value is -2.17. The smallest absolute Gasteiger partial charge is 0.264 e. The van der Waals surface area contributed by atoms with Gasteiger partial charge in [0, 0.05) is 6.42 Å². The minimum absolute atomic E-state index is 0.0326. The molecule has 0 unspecified atom stereocenters. The lowest BCUT2D eigenvalue weighted by Crippen LogP contribution is -2.02. The second-order valence-electron chi connectivity index (χ2n) is 4.30. The highest BCUT2D eigenvalue weighted by molar-refractivity contribution is 5.96. The molecule has 0 spiro atoms. The fraction of sp³-hybridized carbons (Fsp3) is 0.357. The van der Waals surface area contributed by atoms with Crippen molar-refractivity contribution in [1.82, 2.24) is 10.1 Å². The number of carbonyl (C=O) groups excluding carboxylic acids is 1. The average Bonchev–Trinajstić information content (AvgIpc) is 2.84. The molecule has 1 heterocycles. The van der Waals surface area contributed by atoms with E-state index in [2.05, 4.69) is 10.1 Å². The van der Waals surface area contributed by atoms with Gasteiger partial charge in [0.1, 0.15) is 5.75 Å². The van der Waals surface area contributed by atoms with Crippen LogP contribution in [-0.2, 0) is 13.0 Å². The Labute approximate surface area is 111 Å². The zero-order valence-corrected chi connectivity index (χ0v) is 11.3. The Morgan fingerprint density at radius 2 is 2.21 bits per heavy atom. The molecule has 0 radical (unpaired) electrons. The van der Waals surface area contributed by atoms with Crippen molar-refractivity contribution in [3.8, 4) is 5.75 Å². The number of nitrogens with zero attached hydrogens (tertiary/aromatic N) is 2. The zero-order chi connectivity index (χ0) is 13.8. The van der Waals surface area contributed by atoms with E-state index < -0.39 is 0 Å². The molecular formula is C14H16N2O3. The maximum Gasteiger partial charge on any atom is 0.264 e. The van der Waals surface area contributed by atoms with Crippen molar-refractivity contribution in [1.29, 1.82) is 0 Å². The average molecular weight is 260 g/mol.